The van der Waals surface area contributed by atoms with Gasteiger partial charge in [-0.05, 0) is 12.1 Å². The van der Waals surface area contributed by atoms with Crippen LogP contribution in [0.3, 0.4) is 0 Å². The van der Waals surface area contributed by atoms with E-state index in [-0.39, 0.29) is 5.69 Å². The molecule has 2 rings (SSSR count). The highest BCUT2D eigenvalue weighted by molar-refractivity contribution is 5.77. The van der Waals surface area contributed by atoms with E-state index in [1.807, 2.05) is 0 Å². The average Bonchev–Trinajstić information content (AvgIpc) is 2.78. The molecule has 0 amide bonds. The summed E-state index contributed by atoms with van der Waals surface area (Å²) in [5, 5.41) is 14.0. The molecule has 1 aromatic carbocycles. The molecule has 6 nitrogen and oxygen atoms in total. The lowest BCUT2D eigenvalue weighted by atomic mass is 10.1. The summed E-state index contributed by atoms with van der Waals surface area (Å²) >= 11 is 0. The monoisotopic (exact) mass is 231 g/mol. The molecule has 6 heteroatoms. The highest BCUT2D eigenvalue weighted by Crippen LogP contribution is 2.25. The number of hydrogen-bond donors (Lipinski definition) is 1. The van der Waals surface area contributed by atoms with Gasteiger partial charge in [0.25, 0.3) is 5.69 Å². The number of nitrogens with two attached hydrogens (primary N) is 1. The van der Waals surface area contributed by atoms with Gasteiger partial charge in [0.1, 0.15) is 11.5 Å². The van der Waals surface area contributed by atoms with Crippen LogP contribution in [0, 0.1) is 10.1 Å². The molecule has 0 radical (unpaired) electrons. The number of rotatable bonds is 3. The number of nitrogens with zero attached hydrogens (tertiary/aromatic N) is 2. The van der Waals surface area contributed by atoms with Gasteiger partial charge >= 0.3 is 0 Å². The van der Waals surface area contributed by atoms with Crippen molar-refractivity contribution in [1.29, 1.82) is 0 Å². The molecular formula is C11H9N3O3. The maximum atomic E-state index is 10.6. The van der Waals surface area contributed by atoms with E-state index in [9.17, 15) is 10.1 Å². The first-order valence-electron chi connectivity index (χ1n) is 4.78. The molecule has 0 saturated heterocycles. The Hall–Kier alpha value is -2.63. The van der Waals surface area contributed by atoms with E-state index in [0.29, 0.717) is 17.1 Å². The van der Waals surface area contributed by atoms with E-state index in [1.165, 1.54) is 18.3 Å². The number of hydrazone groups is 1. The fourth-order valence-electron chi connectivity index (χ4n) is 1.42. The fourth-order valence-corrected chi connectivity index (χ4v) is 1.42. The molecule has 0 atom stereocenters. The zero-order chi connectivity index (χ0) is 12.3. The second kappa shape index (κ2) is 4.48. The van der Waals surface area contributed by atoms with Gasteiger partial charge in [0.05, 0.1) is 11.1 Å². The van der Waals surface area contributed by atoms with Crippen molar-refractivity contribution in [2.45, 2.75) is 0 Å². The van der Waals surface area contributed by atoms with E-state index in [2.05, 4.69) is 5.10 Å². The summed E-state index contributed by atoms with van der Waals surface area (Å²) in [5.41, 5.74) is 0.656. The first-order valence-corrected chi connectivity index (χ1v) is 4.78. The minimum Gasteiger partial charge on any atom is -0.455 e. The highest BCUT2D eigenvalue weighted by atomic mass is 16.6. The first-order chi connectivity index (χ1) is 8.20. The van der Waals surface area contributed by atoms with Crippen LogP contribution in [0.2, 0.25) is 0 Å². The van der Waals surface area contributed by atoms with Crippen LogP contribution in [0.1, 0.15) is 5.76 Å². The van der Waals surface area contributed by atoms with Crippen LogP contribution < -0.4 is 5.84 Å². The van der Waals surface area contributed by atoms with Crippen molar-refractivity contribution in [3.63, 3.8) is 0 Å². The highest BCUT2D eigenvalue weighted by Gasteiger charge is 2.09. The molecule has 86 valence electrons. The van der Waals surface area contributed by atoms with Crippen LogP contribution in [-0.2, 0) is 0 Å². The maximum Gasteiger partial charge on any atom is 0.270 e. The van der Waals surface area contributed by atoms with Gasteiger partial charge in [-0.2, -0.15) is 5.10 Å². The molecule has 0 aliphatic rings. The molecular weight excluding hydrogens is 222 g/mol. The smallest absolute Gasteiger partial charge is 0.270 e. The summed E-state index contributed by atoms with van der Waals surface area (Å²) in [6, 6.07) is 9.60. The van der Waals surface area contributed by atoms with Gasteiger partial charge < -0.3 is 10.3 Å². The zero-order valence-electron chi connectivity index (χ0n) is 8.74. The number of benzene rings is 1. The Morgan fingerprint density at radius 2 is 2.18 bits per heavy atom. The van der Waals surface area contributed by atoms with E-state index < -0.39 is 4.92 Å². The topological polar surface area (TPSA) is 94.7 Å². The molecule has 1 heterocycles. The van der Waals surface area contributed by atoms with Gasteiger partial charge in [-0.25, -0.2) is 0 Å². The van der Waals surface area contributed by atoms with E-state index in [1.54, 1.807) is 24.3 Å². The standard InChI is InChI=1S/C11H9N3O3/c12-13-7-10-4-5-11(17-10)8-2-1-3-9(6-8)14(15)16/h1-7H,12H2. The molecule has 0 fully saturated rings. The fraction of sp³-hybridized carbons (Fsp3) is 0. The van der Waals surface area contributed by atoms with Gasteiger partial charge in [-0.1, -0.05) is 12.1 Å². The van der Waals surface area contributed by atoms with Crippen LogP contribution in [0.15, 0.2) is 45.9 Å². The van der Waals surface area contributed by atoms with Crippen LogP contribution in [-0.4, -0.2) is 11.1 Å². The van der Waals surface area contributed by atoms with Crippen molar-refractivity contribution in [3.8, 4) is 11.3 Å². The molecule has 17 heavy (non-hydrogen) atoms. The molecule has 0 saturated carbocycles. The summed E-state index contributed by atoms with van der Waals surface area (Å²) in [4.78, 5) is 10.2. The van der Waals surface area contributed by atoms with E-state index in [0.717, 1.165) is 0 Å². The minimum atomic E-state index is -0.450. The largest absolute Gasteiger partial charge is 0.455 e. The van der Waals surface area contributed by atoms with Crippen molar-refractivity contribution in [3.05, 3.63) is 52.3 Å². The number of hydrogen-bond acceptors (Lipinski definition) is 5. The third kappa shape index (κ3) is 2.31. The van der Waals surface area contributed by atoms with Crippen LogP contribution in [0.25, 0.3) is 11.3 Å². The number of non-ortho nitro benzene ring substituents is 1. The van der Waals surface area contributed by atoms with Crippen molar-refractivity contribution in [2.24, 2.45) is 10.9 Å². The van der Waals surface area contributed by atoms with Crippen LogP contribution in [0.5, 0.6) is 0 Å². The Morgan fingerprint density at radius 1 is 1.35 bits per heavy atom. The first kappa shape index (κ1) is 10.9. The van der Waals surface area contributed by atoms with E-state index in [4.69, 9.17) is 10.3 Å². The predicted octanol–water partition coefficient (Wildman–Crippen LogP) is 2.15. The zero-order valence-corrected chi connectivity index (χ0v) is 8.74. The summed E-state index contributed by atoms with van der Waals surface area (Å²) in [5.74, 6) is 6.02. The second-order valence-electron chi connectivity index (χ2n) is 3.29. The van der Waals surface area contributed by atoms with Gasteiger partial charge in [-0.15, -0.1) is 0 Å². The third-order valence-corrected chi connectivity index (χ3v) is 2.17. The SMILES string of the molecule is NN=Cc1ccc(-c2cccc([N+](=O)[O-])c2)o1. The van der Waals surface area contributed by atoms with E-state index >= 15 is 0 Å². The summed E-state index contributed by atoms with van der Waals surface area (Å²) in [6.07, 6.45) is 1.36. The Morgan fingerprint density at radius 3 is 2.88 bits per heavy atom. The van der Waals surface area contributed by atoms with Crippen molar-refractivity contribution < 1.29 is 9.34 Å². The lowest BCUT2D eigenvalue weighted by Gasteiger charge is -1.96. The van der Waals surface area contributed by atoms with Gasteiger partial charge in [-0.3, -0.25) is 10.1 Å². The number of nitro benzene ring substituents is 1. The molecule has 0 unspecified atom stereocenters. The minimum absolute atomic E-state index is 0.0212. The quantitative estimate of drug-likeness (QED) is 0.379. The predicted molar refractivity (Wildman–Crippen MR) is 62.6 cm³/mol. The maximum absolute atomic E-state index is 10.6. The molecule has 2 aromatic rings. The summed E-state index contributed by atoms with van der Waals surface area (Å²) in [6.45, 7) is 0. The van der Waals surface area contributed by atoms with Crippen molar-refractivity contribution in [1.82, 2.24) is 0 Å². The molecule has 1 aromatic heterocycles. The summed E-state index contributed by atoms with van der Waals surface area (Å²) < 4.78 is 5.39. The Labute approximate surface area is 96.5 Å². The normalized spacial score (nSPS) is 10.8. The summed E-state index contributed by atoms with van der Waals surface area (Å²) in [7, 11) is 0. The number of nitro groups is 1. The molecule has 2 N–H and O–H groups in total. The number of furan rings is 1. The molecule has 0 bridgehead atoms. The third-order valence-electron chi connectivity index (χ3n) is 2.17. The average molecular weight is 231 g/mol. The van der Waals surface area contributed by atoms with Crippen LogP contribution in [0.4, 0.5) is 5.69 Å². The second-order valence-corrected chi connectivity index (χ2v) is 3.29. The molecule has 0 aliphatic heterocycles. The van der Waals surface area contributed by atoms with Crippen LogP contribution >= 0.6 is 0 Å². The Balaban J connectivity index is 2.38. The van der Waals surface area contributed by atoms with Gasteiger partial charge in [0, 0.05) is 17.7 Å². The Kier molecular flexibility index (Phi) is 2.87. The molecule has 0 spiro atoms. The van der Waals surface area contributed by atoms with Crippen molar-refractivity contribution >= 4 is 11.9 Å². The lowest BCUT2D eigenvalue weighted by Crippen LogP contribution is -1.87. The lowest BCUT2D eigenvalue weighted by molar-refractivity contribution is -0.384. The Bertz CT molecular complexity index is 575. The van der Waals surface area contributed by atoms with Gasteiger partial charge in [0.15, 0.2) is 0 Å². The van der Waals surface area contributed by atoms with Crippen molar-refractivity contribution in [2.75, 3.05) is 0 Å². The molecule has 0 aliphatic carbocycles. The van der Waals surface area contributed by atoms with Gasteiger partial charge in [0.2, 0.25) is 0 Å².